The van der Waals surface area contributed by atoms with Crippen molar-refractivity contribution >= 4 is 5.97 Å². The molecule has 15 heavy (non-hydrogen) atoms. The number of nitrogens with one attached hydrogen (secondary N) is 1. The van der Waals surface area contributed by atoms with Crippen LogP contribution in [0.1, 0.15) is 25.5 Å². The van der Waals surface area contributed by atoms with E-state index in [2.05, 4.69) is 5.32 Å². The Morgan fingerprint density at radius 2 is 1.93 bits per heavy atom. The van der Waals surface area contributed by atoms with Crippen LogP contribution in [0.4, 0.5) is 0 Å². The lowest BCUT2D eigenvalue weighted by Gasteiger charge is -2.23. The second kappa shape index (κ2) is 5.51. The zero-order valence-electron chi connectivity index (χ0n) is 9.36. The first kappa shape index (κ1) is 11.7. The second-order valence-corrected chi connectivity index (χ2v) is 3.52. The van der Waals surface area contributed by atoms with Crippen LogP contribution >= 0.6 is 0 Å². The lowest BCUT2D eigenvalue weighted by Crippen LogP contribution is -2.31. The van der Waals surface area contributed by atoms with Crippen molar-refractivity contribution in [3.05, 3.63) is 35.9 Å². The van der Waals surface area contributed by atoms with E-state index in [1.54, 1.807) is 0 Å². The van der Waals surface area contributed by atoms with E-state index < -0.39 is 0 Å². The number of hydrogen-bond donors (Lipinski definition) is 1. The van der Waals surface area contributed by atoms with Gasteiger partial charge in [-0.25, -0.2) is 0 Å². The normalized spacial score (nSPS) is 14.3. The summed E-state index contributed by atoms with van der Waals surface area (Å²) in [6.07, 6.45) is -0.228. The first-order valence-corrected chi connectivity index (χ1v) is 5.04. The summed E-state index contributed by atoms with van der Waals surface area (Å²) in [6.45, 7) is 3.42. The molecule has 1 N–H and O–H groups in total. The Morgan fingerprint density at radius 3 is 2.40 bits per heavy atom. The third-order valence-electron chi connectivity index (χ3n) is 2.33. The Hall–Kier alpha value is -1.35. The number of likely N-dealkylation sites (N-methyl/N-ethyl adjacent to an activating group) is 1. The van der Waals surface area contributed by atoms with Gasteiger partial charge in [-0.05, 0) is 19.5 Å². The Bertz CT molecular complexity index is 311. The third kappa shape index (κ3) is 3.36. The molecular formula is C12H17NO2. The van der Waals surface area contributed by atoms with Crippen LogP contribution < -0.4 is 5.32 Å². The van der Waals surface area contributed by atoms with E-state index in [-0.39, 0.29) is 18.1 Å². The minimum absolute atomic E-state index is 0.0938. The zero-order chi connectivity index (χ0) is 11.3. The lowest BCUT2D eigenvalue weighted by molar-refractivity contribution is -0.148. The molecule has 2 atom stereocenters. The van der Waals surface area contributed by atoms with E-state index in [9.17, 15) is 4.79 Å². The van der Waals surface area contributed by atoms with Gasteiger partial charge >= 0.3 is 5.97 Å². The van der Waals surface area contributed by atoms with Gasteiger partial charge in [0.05, 0.1) is 0 Å². The quantitative estimate of drug-likeness (QED) is 0.766. The molecule has 0 bridgehead atoms. The molecule has 0 aliphatic rings. The van der Waals surface area contributed by atoms with E-state index in [0.29, 0.717) is 0 Å². The van der Waals surface area contributed by atoms with Crippen LogP contribution in [0.5, 0.6) is 0 Å². The van der Waals surface area contributed by atoms with Gasteiger partial charge in [0, 0.05) is 13.0 Å². The SMILES string of the molecule is CN[C@H](C)[C@H](OC(C)=O)c1ccccc1. The van der Waals surface area contributed by atoms with Gasteiger partial charge in [-0.3, -0.25) is 4.79 Å². The Labute approximate surface area is 90.4 Å². The molecule has 0 aliphatic carbocycles. The minimum Gasteiger partial charge on any atom is -0.456 e. The highest BCUT2D eigenvalue weighted by Crippen LogP contribution is 2.20. The maximum atomic E-state index is 11.0. The Balaban J connectivity index is 2.86. The van der Waals surface area contributed by atoms with E-state index in [1.165, 1.54) is 6.92 Å². The molecule has 3 heteroatoms. The fourth-order valence-electron chi connectivity index (χ4n) is 1.43. The molecule has 1 aromatic rings. The molecule has 0 amide bonds. The molecule has 0 aromatic heterocycles. The Kier molecular flexibility index (Phi) is 4.31. The molecule has 0 saturated heterocycles. The van der Waals surface area contributed by atoms with Crippen LogP contribution in [-0.4, -0.2) is 19.1 Å². The van der Waals surface area contributed by atoms with Crippen molar-refractivity contribution in [3.63, 3.8) is 0 Å². The Morgan fingerprint density at radius 1 is 1.33 bits per heavy atom. The molecule has 82 valence electrons. The van der Waals surface area contributed by atoms with Crippen molar-refractivity contribution in [1.29, 1.82) is 0 Å². The summed E-state index contributed by atoms with van der Waals surface area (Å²) in [5, 5.41) is 3.09. The van der Waals surface area contributed by atoms with Crippen molar-refractivity contribution in [2.45, 2.75) is 26.0 Å². The molecule has 0 saturated carbocycles. The predicted octanol–water partition coefficient (Wildman–Crippen LogP) is 1.90. The number of carbonyl (C=O) groups is 1. The van der Waals surface area contributed by atoms with Gasteiger partial charge in [0.15, 0.2) is 0 Å². The number of benzene rings is 1. The molecule has 0 spiro atoms. The van der Waals surface area contributed by atoms with E-state index in [4.69, 9.17) is 4.74 Å². The van der Waals surface area contributed by atoms with Crippen molar-refractivity contribution in [3.8, 4) is 0 Å². The van der Waals surface area contributed by atoms with Gasteiger partial charge in [0.25, 0.3) is 0 Å². The monoisotopic (exact) mass is 207 g/mol. The van der Waals surface area contributed by atoms with Gasteiger partial charge in [0.2, 0.25) is 0 Å². The van der Waals surface area contributed by atoms with Crippen molar-refractivity contribution in [1.82, 2.24) is 5.32 Å². The van der Waals surface area contributed by atoms with Gasteiger partial charge in [-0.2, -0.15) is 0 Å². The zero-order valence-corrected chi connectivity index (χ0v) is 9.36. The lowest BCUT2D eigenvalue weighted by atomic mass is 10.0. The van der Waals surface area contributed by atoms with Gasteiger partial charge in [0.1, 0.15) is 6.10 Å². The molecule has 1 rings (SSSR count). The summed E-state index contributed by atoms with van der Waals surface area (Å²) < 4.78 is 5.29. The third-order valence-corrected chi connectivity index (χ3v) is 2.33. The summed E-state index contributed by atoms with van der Waals surface area (Å²) in [4.78, 5) is 11.0. The predicted molar refractivity (Wildman–Crippen MR) is 59.5 cm³/mol. The molecule has 0 heterocycles. The summed E-state index contributed by atoms with van der Waals surface area (Å²) in [5.74, 6) is -0.258. The van der Waals surface area contributed by atoms with Crippen LogP contribution in [0.15, 0.2) is 30.3 Å². The highest BCUT2D eigenvalue weighted by atomic mass is 16.5. The first-order chi connectivity index (χ1) is 7.15. The molecular weight excluding hydrogens is 190 g/mol. The fourth-order valence-corrected chi connectivity index (χ4v) is 1.43. The van der Waals surface area contributed by atoms with Crippen LogP contribution in [0, 0.1) is 0 Å². The highest BCUT2D eigenvalue weighted by Gasteiger charge is 2.20. The number of ether oxygens (including phenoxy) is 1. The molecule has 3 nitrogen and oxygen atoms in total. The van der Waals surface area contributed by atoms with Crippen molar-refractivity contribution in [2.24, 2.45) is 0 Å². The average Bonchev–Trinajstić information content (AvgIpc) is 2.26. The molecule has 0 unspecified atom stereocenters. The number of esters is 1. The van der Waals surface area contributed by atoms with Crippen LogP contribution in [0.3, 0.4) is 0 Å². The van der Waals surface area contributed by atoms with E-state index >= 15 is 0 Å². The van der Waals surface area contributed by atoms with Crippen molar-refractivity contribution in [2.75, 3.05) is 7.05 Å². The number of rotatable bonds is 4. The van der Waals surface area contributed by atoms with E-state index in [1.807, 2.05) is 44.3 Å². The first-order valence-electron chi connectivity index (χ1n) is 5.04. The average molecular weight is 207 g/mol. The summed E-state index contributed by atoms with van der Waals surface area (Å²) >= 11 is 0. The van der Waals surface area contributed by atoms with Gasteiger partial charge in [-0.1, -0.05) is 30.3 Å². The standard InChI is InChI=1S/C12H17NO2/c1-9(13-3)12(15-10(2)14)11-7-5-4-6-8-11/h4-9,12-13H,1-3H3/t9-,12+/m1/s1. The summed E-state index contributed by atoms with van der Waals surface area (Å²) in [5.41, 5.74) is 1.01. The summed E-state index contributed by atoms with van der Waals surface area (Å²) in [7, 11) is 1.85. The maximum absolute atomic E-state index is 11.0. The smallest absolute Gasteiger partial charge is 0.303 e. The molecule has 0 aliphatic heterocycles. The topological polar surface area (TPSA) is 38.3 Å². The van der Waals surface area contributed by atoms with Crippen LogP contribution in [0.25, 0.3) is 0 Å². The number of hydrogen-bond acceptors (Lipinski definition) is 3. The van der Waals surface area contributed by atoms with Gasteiger partial charge in [-0.15, -0.1) is 0 Å². The minimum atomic E-state index is -0.258. The van der Waals surface area contributed by atoms with Gasteiger partial charge < -0.3 is 10.1 Å². The maximum Gasteiger partial charge on any atom is 0.303 e. The summed E-state index contributed by atoms with van der Waals surface area (Å²) in [6, 6.07) is 9.83. The molecule has 0 radical (unpaired) electrons. The number of carbonyl (C=O) groups excluding carboxylic acids is 1. The van der Waals surface area contributed by atoms with Crippen LogP contribution in [-0.2, 0) is 9.53 Å². The largest absolute Gasteiger partial charge is 0.456 e. The highest BCUT2D eigenvalue weighted by molar-refractivity contribution is 5.66. The van der Waals surface area contributed by atoms with Crippen molar-refractivity contribution < 1.29 is 9.53 Å². The van der Waals surface area contributed by atoms with E-state index in [0.717, 1.165) is 5.56 Å². The second-order valence-electron chi connectivity index (χ2n) is 3.52. The van der Waals surface area contributed by atoms with Crippen LogP contribution in [0.2, 0.25) is 0 Å². The molecule has 1 aromatic carbocycles. The molecule has 0 fully saturated rings. The fraction of sp³-hybridized carbons (Fsp3) is 0.417.